The summed E-state index contributed by atoms with van der Waals surface area (Å²) in [7, 11) is 0. The summed E-state index contributed by atoms with van der Waals surface area (Å²) in [5, 5.41) is 1.45. The van der Waals surface area contributed by atoms with Crippen LogP contribution in [0.15, 0.2) is 24.3 Å². The standard InChI is InChI=1S/C13H18BrClO2/c1-3-16-9-10(2)17-13(8-14)11-6-4-5-7-12(11)15/h4-7,10,13H,3,8-9H2,1-2H3. The van der Waals surface area contributed by atoms with Crippen LogP contribution in [0.25, 0.3) is 0 Å². The SMILES string of the molecule is CCOCC(C)OC(CBr)c1ccccc1Cl. The van der Waals surface area contributed by atoms with Crippen LogP contribution in [0.5, 0.6) is 0 Å². The molecule has 0 spiro atoms. The summed E-state index contributed by atoms with van der Waals surface area (Å²) in [6, 6.07) is 7.75. The van der Waals surface area contributed by atoms with Crippen LogP contribution in [-0.2, 0) is 9.47 Å². The summed E-state index contributed by atoms with van der Waals surface area (Å²) in [4.78, 5) is 0. The van der Waals surface area contributed by atoms with Crippen molar-refractivity contribution < 1.29 is 9.47 Å². The molecule has 0 aliphatic rings. The van der Waals surface area contributed by atoms with Gasteiger partial charge in [-0.1, -0.05) is 45.7 Å². The van der Waals surface area contributed by atoms with Crippen molar-refractivity contribution in [1.82, 2.24) is 0 Å². The van der Waals surface area contributed by atoms with Gasteiger partial charge in [0.25, 0.3) is 0 Å². The van der Waals surface area contributed by atoms with Crippen LogP contribution < -0.4 is 0 Å². The zero-order valence-electron chi connectivity index (χ0n) is 10.2. The normalized spacial score (nSPS) is 14.6. The second kappa shape index (κ2) is 8.09. The van der Waals surface area contributed by atoms with Crippen LogP contribution in [-0.4, -0.2) is 24.6 Å². The minimum Gasteiger partial charge on any atom is -0.379 e. The van der Waals surface area contributed by atoms with Gasteiger partial charge in [0.15, 0.2) is 0 Å². The molecule has 0 fully saturated rings. The van der Waals surface area contributed by atoms with Crippen molar-refractivity contribution in [3.05, 3.63) is 34.9 Å². The van der Waals surface area contributed by atoms with Crippen molar-refractivity contribution in [2.75, 3.05) is 18.5 Å². The van der Waals surface area contributed by atoms with Gasteiger partial charge in [-0.25, -0.2) is 0 Å². The van der Waals surface area contributed by atoms with Crippen LogP contribution >= 0.6 is 27.5 Å². The van der Waals surface area contributed by atoms with Crippen LogP contribution in [0.3, 0.4) is 0 Å². The lowest BCUT2D eigenvalue weighted by Crippen LogP contribution is -2.20. The quantitative estimate of drug-likeness (QED) is 0.700. The molecule has 1 aromatic rings. The Hall–Kier alpha value is -0.0900. The van der Waals surface area contributed by atoms with Gasteiger partial charge in [0.2, 0.25) is 0 Å². The van der Waals surface area contributed by atoms with E-state index in [-0.39, 0.29) is 12.2 Å². The van der Waals surface area contributed by atoms with Crippen molar-refractivity contribution in [2.45, 2.75) is 26.1 Å². The second-order valence-corrected chi connectivity index (χ2v) is 4.83. The summed E-state index contributed by atoms with van der Waals surface area (Å²) < 4.78 is 11.2. The van der Waals surface area contributed by atoms with Crippen molar-refractivity contribution in [3.63, 3.8) is 0 Å². The van der Waals surface area contributed by atoms with Crippen molar-refractivity contribution in [2.24, 2.45) is 0 Å². The summed E-state index contributed by atoms with van der Waals surface area (Å²) >= 11 is 9.61. The molecule has 0 saturated heterocycles. The minimum atomic E-state index is -0.0424. The molecular formula is C13H18BrClO2. The topological polar surface area (TPSA) is 18.5 Å². The summed E-state index contributed by atoms with van der Waals surface area (Å²) in [5.74, 6) is 0. The van der Waals surface area contributed by atoms with E-state index in [4.69, 9.17) is 21.1 Å². The zero-order chi connectivity index (χ0) is 12.7. The fourth-order valence-corrected chi connectivity index (χ4v) is 2.29. The highest BCUT2D eigenvalue weighted by Crippen LogP contribution is 2.27. The Kier molecular flexibility index (Phi) is 7.12. The van der Waals surface area contributed by atoms with Crippen molar-refractivity contribution >= 4 is 27.5 Å². The third-order valence-electron chi connectivity index (χ3n) is 2.35. The number of alkyl halides is 1. The molecular weight excluding hydrogens is 303 g/mol. The zero-order valence-corrected chi connectivity index (χ0v) is 12.5. The third kappa shape index (κ3) is 4.96. The van der Waals surface area contributed by atoms with E-state index in [2.05, 4.69) is 15.9 Å². The monoisotopic (exact) mass is 320 g/mol. The Balaban J connectivity index is 2.62. The first kappa shape index (κ1) is 15.0. The number of halogens is 2. The van der Waals surface area contributed by atoms with Gasteiger partial charge in [0, 0.05) is 22.5 Å². The molecule has 2 atom stereocenters. The molecule has 0 aromatic heterocycles. The molecule has 0 aliphatic heterocycles. The first-order valence-electron chi connectivity index (χ1n) is 5.72. The van der Waals surface area contributed by atoms with E-state index in [1.54, 1.807) is 0 Å². The maximum atomic E-state index is 6.15. The maximum Gasteiger partial charge on any atom is 0.0940 e. The molecule has 0 bridgehead atoms. The van der Waals surface area contributed by atoms with Gasteiger partial charge in [-0.2, -0.15) is 0 Å². The Morgan fingerprint density at radius 1 is 1.35 bits per heavy atom. The van der Waals surface area contributed by atoms with Crippen LogP contribution in [0.4, 0.5) is 0 Å². The van der Waals surface area contributed by atoms with E-state index >= 15 is 0 Å². The summed E-state index contributed by atoms with van der Waals surface area (Å²) in [6.07, 6.45) is 0.00734. The highest BCUT2D eigenvalue weighted by Gasteiger charge is 2.16. The lowest BCUT2D eigenvalue weighted by Gasteiger charge is -2.21. The average Bonchev–Trinajstić information content (AvgIpc) is 2.34. The van der Waals surface area contributed by atoms with Crippen LogP contribution in [0.1, 0.15) is 25.5 Å². The number of hydrogen-bond acceptors (Lipinski definition) is 2. The lowest BCUT2D eigenvalue weighted by molar-refractivity contribution is -0.0383. The molecule has 0 aliphatic carbocycles. The van der Waals surface area contributed by atoms with Crippen molar-refractivity contribution in [1.29, 1.82) is 0 Å². The van der Waals surface area contributed by atoms with Gasteiger partial charge in [-0.15, -0.1) is 0 Å². The molecule has 96 valence electrons. The molecule has 2 unspecified atom stereocenters. The van der Waals surface area contributed by atoms with E-state index in [0.717, 1.165) is 10.6 Å². The van der Waals surface area contributed by atoms with Gasteiger partial charge in [0.1, 0.15) is 0 Å². The van der Waals surface area contributed by atoms with E-state index in [1.807, 2.05) is 38.1 Å². The molecule has 0 saturated carbocycles. The number of hydrogen-bond donors (Lipinski definition) is 0. The molecule has 0 heterocycles. The van der Waals surface area contributed by atoms with Gasteiger partial charge < -0.3 is 9.47 Å². The van der Waals surface area contributed by atoms with Crippen LogP contribution in [0.2, 0.25) is 5.02 Å². The maximum absolute atomic E-state index is 6.15. The average molecular weight is 322 g/mol. The van der Waals surface area contributed by atoms with Gasteiger partial charge in [-0.3, -0.25) is 0 Å². The fraction of sp³-hybridized carbons (Fsp3) is 0.538. The lowest BCUT2D eigenvalue weighted by atomic mass is 10.1. The Morgan fingerprint density at radius 2 is 2.06 bits per heavy atom. The molecule has 0 amide bonds. The van der Waals surface area contributed by atoms with E-state index < -0.39 is 0 Å². The molecule has 4 heteroatoms. The third-order valence-corrected chi connectivity index (χ3v) is 3.28. The smallest absolute Gasteiger partial charge is 0.0940 e. The molecule has 2 nitrogen and oxygen atoms in total. The molecule has 0 radical (unpaired) electrons. The molecule has 0 N–H and O–H groups in total. The molecule has 1 aromatic carbocycles. The minimum absolute atomic E-state index is 0.0424. The molecule has 17 heavy (non-hydrogen) atoms. The van der Waals surface area contributed by atoms with Gasteiger partial charge >= 0.3 is 0 Å². The molecule has 1 rings (SSSR count). The predicted octanol–water partition coefficient (Wildman–Crippen LogP) is 4.22. The van der Waals surface area contributed by atoms with Gasteiger partial charge in [0.05, 0.1) is 18.8 Å². The first-order valence-corrected chi connectivity index (χ1v) is 7.22. The van der Waals surface area contributed by atoms with E-state index in [0.29, 0.717) is 18.5 Å². The largest absolute Gasteiger partial charge is 0.379 e. The van der Waals surface area contributed by atoms with E-state index in [9.17, 15) is 0 Å². The van der Waals surface area contributed by atoms with Crippen molar-refractivity contribution in [3.8, 4) is 0 Å². The Labute approximate surface area is 116 Å². The summed E-state index contributed by atoms with van der Waals surface area (Å²) in [5.41, 5.74) is 1.01. The Bertz CT molecular complexity index is 333. The highest BCUT2D eigenvalue weighted by molar-refractivity contribution is 9.09. The fourth-order valence-electron chi connectivity index (χ4n) is 1.53. The summed E-state index contributed by atoms with van der Waals surface area (Å²) in [6.45, 7) is 5.29. The van der Waals surface area contributed by atoms with Gasteiger partial charge in [-0.05, 0) is 19.9 Å². The first-order chi connectivity index (χ1) is 8.19. The van der Waals surface area contributed by atoms with E-state index in [1.165, 1.54) is 0 Å². The number of rotatable bonds is 7. The highest BCUT2D eigenvalue weighted by atomic mass is 79.9. The Morgan fingerprint density at radius 3 is 2.65 bits per heavy atom. The number of ether oxygens (including phenoxy) is 2. The van der Waals surface area contributed by atoms with Crippen LogP contribution in [0, 0.1) is 0 Å². The number of benzene rings is 1. The predicted molar refractivity (Wildman–Crippen MR) is 75.0 cm³/mol. The second-order valence-electron chi connectivity index (χ2n) is 3.77.